The first kappa shape index (κ1) is 15.0. The van der Waals surface area contributed by atoms with Crippen molar-refractivity contribution in [1.29, 1.82) is 0 Å². The molecule has 1 N–H and O–H groups in total. The van der Waals surface area contributed by atoms with Gasteiger partial charge in [0, 0.05) is 46.6 Å². The molecule has 0 bridgehead atoms. The lowest BCUT2D eigenvalue weighted by molar-refractivity contribution is 0.199. The largest absolute Gasteiger partial charge is 0.383 e. The van der Waals surface area contributed by atoms with E-state index in [1.165, 1.54) is 11.3 Å². The van der Waals surface area contributed by atoms with Crippen molar-refractivity contribution in [1.82, 2.24) is 5.32 Å². The lowest BCUT2D eigenvalue weighted by Crippen LogP contribution is -2.22. The van der Waals surface area contributed by atoms with E-state index in [9.17, 15) is 0 Å². The van der Waals surface area contributed by atoms with Crippen molar-refractivity contribution in [2.45, 2.75) is 6.54 Å². The Hall–Kier alpha value is -1.10. The van der Waals surface area contributed by atoms with Gasteiger partial charge in [0.25, 0.3) is 0 Å². The molecule has 1 aromatic carbocycles. The zero-order chi connectivity index (χ0) is 13.2. The van der Waals surface area contributed by atoms with E-state index in [1.807, 2.05) is 0 Å². The quantitative estimate of drug-likeness (QED) is 0.675. The summed E-state index contributed by atoms with van der Waals surface area (Å²) in [4.78, 5) is 2.19. The van der Waals surface area contributed by atoms with Crippen LogP contribution in [-0.2, 0) is 16.0 Å². The third-order valence-electron chi connectivity index (χ3n) is 2.82. The number of hydrogen-bond acceptors (Lipinski definition) is 4. The minimum Gasteiger partial charge on any atom is -0.383 e. The van der Waals surface area contributed by atoms with Crippen LogP contribution in [0.3, 0.4) is 0 Å². The van der Waals surface area contributed by atoms with Crippen molar-refractivity contribution in [2.24, 2.45) is 0 Å². The van der Waals surface area contributed by atoms with E-state index in [2.05, 4.69) is 41.5 Å². The topological polar surface area (TPSA) is 33.7 Å². The molecule has 0 aliphatic heterocycles. The first-order valence-corrected chi connectivity index (χ1v) is 6.26. The molecule has 0 aliphatic carbocycles. The maximum Gasteiger partial charge on any atom is 0.0637 e. The Kier molecular flexibility index (Phi) is 7.41. The number of ether oxygens (including phenoxy) is 2. The Morgan fingerprint density at radius 2 is 1.72 bits per heavy atom. The van der Waals surface area contributed by atoms with Crippen LogP contribution in [0.1, 0.15) is 5.56 Å². The standard InChI is InChI=1S/C14H24N2O2/c1-16(9-11-18-3)14-6-4-13(5-7-14)12-15-8-10-17-2/h4-7,15H,8-12H2,1-3H3. The van der Waals surface area contributed by atoms with Crippen LogP contribution in [0.2, 0.25) is 0 Å². The Morgan fingerprint density at radius 3 is 2.33 bits per heavy atom. The molecule has 0 atom stereocenters. The summed E-state index contributed by atoms with van der Waals surface area (Å²) in [6, 6.07) is 8.59. The zero-order valence-electron chi connectivity index (χ0n) is 11.6. The van der Waals surface area contributed by atoms with Gasteiger partial charge in [-0.25, -0.2) is 0 Å². The van der Waals surface area contributed by atoms with Crippen LogP contribution >= 0.6 is 0 Å². The number of anilines is 1. The average Bonchev–Trinajstić information content (AvgIpc) is 2.41. The molecule has 4 nitrogen and oxygen atoms in total. The van der Waals surface area contributed by atoms with Crippen LogP contribution in [0.25, 0.3) is 0 Å². The lowest BCUT2D eigenvalue weighted by Gasteiger charge is -2.19. The second-order valence-electron chi connectivity index (χ2n) is 4.25. The fraction of sp³-hybridized carbons (Fsp3) is 0.571. The first-order valence-electron chi connectivity index (χ1n) is 6.26. The van der Waals surface area contributed by atoms with E-state index < -0.39 is 0 Å². The molecule has 1 rings (SSSR count). The number of nitrogens with zero attached hydrogens (tertiary/aromatic N) is 1. The number of likely N-dealkylation sites (N-methyl/N-ethyl adjacent to an activating group) is 1. The van der Waals surface area contributed by atoms with E-state index in [0.717, 1.165) is 32.8 Å². The molecule has 0 amide bonds. The average molecular weight is 252 g/mol. The fourth-order valence-corrected chi connectivity index (χ4v) is 1.63. The molecule has 0 saturated carbocycles. The molecule has 0 heterocycles. The molecule has 4 heteroatoms. The molecular formula is C14H24N2O2. The SMILES string of the molecule is COCCNCc1ccc(N(C)CCOC)cc1. The molecule has 1 aromatic rings. The fourth-order valence-electron chi connectivity index (χ4n) is 1.63. The second kappa shape index (κ2) is 8.91. The number of nitrogens with one attached hydrogen (secondary N) is 1. The smallest absolute Gasteiger partial charge is 0.0637 e. The highest BCUT2D eigenvalue weighted by atomic mass is 16.5. The molecule has 0 aliphatic rings. The molecule has 0 saturated heterocycles. The predicted molar refractivity (Wildman–Crippen MR) is 75.2 cm³/mol. The summed E-state index contributed by atoms with van der Waals surface area (Å²) in [7, 11) is 5.51. The molecule has 0 aromatic heterocycles. The Balaban J connectivity index is 2.37. The van der Waals surface area contributed by atoms with E-state index in [-0.39, 0.29) is 0 Å². The Bertz CT molecular complexity index is 314. The van der Waals surface area contributed by atoms with Crippen molar-refractivity contribution < 1.29 is 9.47 Å². The third kappa shape index (κ3) is 5.49. The molecule has 0 radical (unpaired) electrons. The van der Waals surface area contributed by atoms with E-state index in [4.69, 9.17) is 9.47 Å². The lowest BCUT2D eigenvalue weighted by atomic mass is 10.2. The molecule has 18 heavy (non-hydrogen) atoms. The minimum atomic E-state index is 0.747. The van der Waals surface area contributed by atoms with E-state index in [0.29, 0.717) is 0 Å². The van der Waals surface area contributed by atoms with Crippen LogP contribution in [-0.4, -0.2) is 47.6 Å². The third-order valence-corrected chi connectivity index (χ3v) is 2.82. The summed E-state index contributed by atoms with van der Waals surface area (Å²) < 4.78 is 10.1. The van der Waals surface area contributed by atoms with Gasteiger partial charge in [0.1, 0.15) is 0 Å². The second-order valence-corrected chi connectivity index (χ2v) is 4.25. The van der Waals surface area contributed by atoms with Crippen molar-refractivity contribution in [3.63, 3.8) is 0 Å². The van der Waals surface area contributed by atoms with Crippen molar-refractivity contribution in [3.05, 3.63) is 29.8 Å². The number of hydrogen-bond donors (Lipinski definition) is 1. The van der Waals surface area contributed by atoms with Gasteiger partial charge >= 0.3 is 0 Å². The van der Waals surface area contributed by atoms with Crippen molar-refractivity contribution in [3.8, 4) is 0 Å². The van der Waals surface area contributed by atoms with E-state index >= 15 is 0 Å². The number of rotatable bonds is 9. The van der Waals surface area contributed by atoms with Gasteiger partial charge in [-0.3, -0.25) is 0 Å². The summed E-state index contributed by atoms with van der Waals surface area (Å²) >= 11 is 0. The van der Waals surface area contributed by atoms with Gasteiger partial charge in [-0.05, 0) is 17.7 Å². The van der Waals surface area contributed by atoms with Gasteiger partial charge in [0.05, 0.1) is 13.2 Å². The van der Waals surface area contributed by atoms with Crippen LogP contribution in [0.15, 0.2) is 24.3 Å². The summed E-state index contributed by atoms with van der Waals surface area (Å²) in [5, 5.41) is 3.33. The van der Waals surface area contributed by atoms with Crippen LogP contribution in [0.5, 0.6) is 0 Å². The van der Waals surface area contributed by atoms with Gasteiger partial charge in [-0.1, -0.05) is 12.1 Å². The molecule has 0 spiro atoms. The highest BCUT2D eigenvalue weighted by molar-refractivity contribution is 5.46. The van der Waals surface area contributed by atoms with Crippen LogP contribution in [0.4, 0.5) is 5.69 Å². The highest BCUT2D eigenvalue weighted by Crippen LogP contribution is 2.13. The summed E-state index contributed by atoms with van der Waals surface area (Å²) in [6.45, 7) is 4.16. The van der Waals surface area contributed by atoms with Gasteiger partial charge in [0.15, 0.2) is 0 Å². The maximum atomic E-state index is 5.07. The van der Waals surface area contributed by atoms with Crippen molar-refractivity contribution >= 4 is 5.69 Å². The maximum absolute atomic E-state index is 5.07. The monoisotopic (exact) mass is 252 g/mol. The first-order chi connectivity index (χ1) is 8.77. The van der Waals surface area contributed by atoms with Gasteiger partial charge < -0.3 is 19.7 Å². The Labute approximate surface area is 110 Å². The minimum absolute atomic E-state index is 0.747. The van der Waals surface area contributed by atoms with Crippen LogP contribution < -0.4 is 10.2 Å². The van der Waals surface area contributed by atoms with E-state index in [1.54, 1.807) is 14.2 Å². The molecule has 0 unspecified atom stereocenters. The summed E-state index contributed by atoms with van der Waals surface area (Å²) in [5.41, 5.74) is 2.50. The predicted octanol–water partition coefficient (Wildman–Crippen LogP) is 1.51. The normalized spacial score (nSPS) is 10.6. The molecule has 0 fully saturated rings. The number of benzene rings is 1. The van der Waals surface area contributed by atoms with Crippen LogP contribution in [0, 0.1) is 0 Å². The number of methoxy groups -OCH3 is 2. The van der Waals surface area contributed by atoms with Crippen molar-refractivity contribution in [2.75, 3.05) is 52.5 Å². The molecular weight excluding hydrogens is 228 g/mol. The summed E-state index contributed by atoms with van der Waals surface area (Å²) in [5.74, 6) is 0. The van der Waals surface area contributed by atoms with Gasteiger partial charge in [0.2, 0.25) is 0 Å². The van der Waals surface area contributed by atoms with Gasteiger partial charge in [-0.2, -0.15) is 0 Å². The van der Waals surface area contributed by atoms with Gasteiger partial charge in [-0.15, -0.1) is 0 Å². The zero-order valence-corrected chi connectivity index (χ0v) is 11.6. The summed E-state index contributed by atoms with van der Waals surface area (Å²) in [6.07, 6.45) is 0. The highest BCUT2D eigenvalue weighted by Gasteiger charge is 2.00. The molecule has 102 valence electrons. The Morgan fingerprint density at radius 1 is 1.06 bits per heavy atom.